The molecule has 0 aliphatic heterocycles. The summed E-state index contributed by atoms with van der Waals surface area (Å²) in [7, 11) is 1.57. The second kappa shape index (κ2) is 9.14. The Morgan fingerprint density at radius 3 is 2.64 bits per heavy atom. The predicted molar refractivity (Wildman–Crippen MR) is 99.2 cm³/mol. The molecule has 25 heavy (non-hydrogen) atoms. The maximum absolute atomic E-state index is 12.0. The van der Waals surface area contributed by atoms with Gasteiger partial charge in [-0.2, -0.15) is 0 Å². The van der Waals surface area contributed by atoms with Crippen LogP contribution >= 0.6 is 11.6 Å². The quantitative estimate of drug-likeness (QED) is 0.511. The van der Waals surface area contributed by atoms with Crippen LogP contribution in [0.3, 0.4) is 0 Å². The lowest BCUT2D eigenvalue weighted by atomic mass is 10.1. The summed E-state index contributed by atoms with van der Waals surface area (Å²) < 4.78 is 16.2. The number of esters is 1. The van der Waals surface area contributed by atoms with Gasteiger partial charge in [-0.05, 0) is 43.7 Å². The van der Waals surface area contributed by atoms with Crippen LogP contribution in [-0.2, 0) is 9.53 Å². The Kier molecular flexibility index (Phi) is 6.90. The zero-order chi connectivity index (χ0) is 18.2. The molecule has 0 bridgehead atoms. The first-order chi connectivity index (χ1) is 12.0. The molecule has 0 radical (unpaired) electrons. The Balaban J connectivity index is 2.03. The fourth-order valence-electron chi connectivity index (χ4n) is 2.31. The summed E-state index contributed by atoms with van der Waals surface area (Å²) in [5, 5.41) is 0.572. The predicted octanol–water partition coefficient (Wildman–Crippen LogP) is 5.06. The van der Waals surface area contributed by atoms with E-state index in [0.717, 1.165) is 11.1 Å². The minimum atomic E-state index is -0.444. The summed E-state index contributed by atoms with van der Waals surface area (Å²) in [6.45, 7) is 4.24. The molecule has 0 spiro atoms. The molecule has 0 unspecified atom stereocenters. The molecule has 0 heterocycles. The van der Waals surface area contributed by atoms with Crippen molar-refractivity contribution in [1.29, 1.82) is 0 Å². The van der Waals surface area contributed by atoms with E-state index in [2.05, 4.69) is 0 Å². The molecule has 1 atom stereocenters. The van der Waals surface area contributed by atoms with Crippen molar-refractivity contribution >= 4 is 23.6 Å². The van der Waals surface area contributed by atoms with Gasteiger partial charge in [0.1, 0.15) is 6.10 Å². The zero-order valence-electron chi connectivity index (χ0n) is 14.5. The highest BCUT2D eigenvalue weighted by atomic mass is 35.5. The number of carbonyl (C=O) groups excluding carboxylic acids is 1. The van der Waals surface area contributed by atoms with Crippen LogP contribution in [0, 0.1) is 0 Å². The van der Waals surface area contributed by atoms with Crippen molar-refractivity contribution in [3.05, 3.63) is 64.7 Å². The number of ether oxygens (including phenoxy) is 3. The molecule has 2 aromatic carbocycles. The van der Waals surface area contributed by atoms with Crippen molar-refractivity contribution in [2.24, 2.45) is 0 Å². The van der Waals surface area contributed by atoms with E-state index in [1.54, 1.807) is 38.3 Å². The first-order valence-electron chi connectivity index (χ1n) is 7.99. The van der Waals surface area contributed by atoms with Gasteiger partial charge in [-0.3, -0.25) is 0 Å². The Morgan fingerprint density at radius 2 is 1.96 bits per heavy atom. The number of hydrogen-bond acceptors (Lipinski definition) is 4. The van der Waals surface area contributed by atoms with E-state index in [1.165, 1.54) is 6.08 Å². The largest absolute Gasteiger partial charge is 0.493 e. The van der Waals surface area contributed by atoms with Crippen LogP contribution in [0.1, 0.15) is 31.1 Å². The normalized spacial score (nSPS) is 12.0. The molecule has 5 heteroatoms. The highest BCUT2D eigenvalue weighted by Crippen LogP contribution is 2.29. The lowest BCUT2D eigenvalue weighted by Gasteiger charge is -2.13. The number of benzene rings is 2. The number of hydrogen-bond donors (Lipinski definition) is 0. The average molecular weight is 361 g/mol. The number of rotatable bonds is 7. The summed E-state index contributed by atoms with van der Waals surface area (Å²) in [6, 6.07) is 12.7. The van der Waals surface area contributed by atoms with Crippen LogP contribution in [-0.4, -0.2) is 19.7 Å². The summed E-state index contributed by atoms with van der Waals surface area (Å²) in [6.07, 6.45) is 2.61. The van der Waals surface area contributed by atoms with E-state index >= 15 is 0 Å². The molecule has 0 aliphatic rings. The fraction of sp³-hybridized carbons (Fsp3) is 0.250. The van der Waals surface area contributed by atoms with Gasteiger partial charge in [0.15, 0.2) is 11.5 Å². The molecule has 2 aromatic rings. The Morgan fingerprint density at radius 1 is 1.20 bits per heavy atom. The summed E-state index contributed by atoms with van der Waals surface area (Å²) >= 11 is 6.11. The van der Waals surface area contributed by atoms with E-state index < -0.39 is 12.1 Å². The van der Waals surface area contributed by atoms with Gasteiger partial charge >= 0.3 is 5.97 Å². The minimum absolute atomic E-state index is 0.430. The minimum Gasteiger partial charge on any atom is -0.493 e. The Hall–Kier alpha value is -2.46. The maximum atomic E-state index is 12.0. The second-order valence-electron chi connectivity index (χ2n) is 5.28. The smallest absolute Gasteiger partial charge is 0.331 e. The van der Waals surface area contributed by atoms with E-state index in [4.69, 9.17) is 25.8 Å². The molecule has 2 rings (SSSR count). The third kappa shape index (κ3) is 5.26. The van der Waals surface area contributed by atoms with Gasteiger partial charge in [-0.1, -0.05) is 35.9 Å². The van der Waals surface area contributed by atoms with Gasteiger partial charge in [0, 0.05) is 16.7 Å². The Bertz CT molecular complexity index is 755. The number of methoxy groups -OCH3 is 1. The SMILES string of the molecule is CCOc1ccc(/C=C/C(=O)O[C@@H](C)c2ccccc2Cl)cc1OC. The molecular weight excluding hydrogens is 340 g/mol. The topological polar surface area (TPSA) is 44.8 Å². The van der Waals surface area contributed by atoms with Crippen LogP contribution < -0.4 is 9.47 Å². The maximum Gasteiger partial charge on any atom is 0.331 e. The van der Waals surface area contributed by atoms with Gasteiger partial charge in [-0.25, -0.2) is 4.79 Å². The van der Waals surface area contributed by atoms with Crippen LogP contribution in [0.5, 0.6) is 11.5 Å². The van der Waals surface area contributed by atoms with E-state index in [-0.39, 0.29) is 0 Å². The fourth-order valence-corrected chi connectivity index (χ4v) is 2.60. The lowest BCUT2D eigenvalue weighted by molar-refractivity contribution is -0.142. The standard InChI is InChI=1S/C20H21ClO4/c1-4-24-18-11-9-15(13-19(18)23-3)10-12-20(22)25-14(2)16-7-5-6-8-17(16)21/h5-14H,4H2,1-3H3/b12-10+/t14-/m0/s1. The first kappa shape index (κ1) is 18.9. The molecule has 4 nitrogen and oxygen atoms in total. The van der Waals surface area contributed by atoms with Gasteiger partial charge in [0.2, 0.25) is 0 Å². The van der Waals surface area contributed by atoms with Crippen molar-refractivity contribution in [1.82, 2.24) is 0 Å². The zero-order valence-corrected chi connectivity index (χ0v) is 15.2. The average Bonchev–Trinajstić information content (AvgIpc) is 2.61. The van der Waals surface area contributed by atoms with Crippen molar-refractivity contribution in [2.75, 3.05) is 13.7 Å². The molecular formula is C20H21ClO4. The van der Waals surface area contributed by atoms with Crippen LogP contribution in [0.2, 0.25) is 5.02 Å². The third-order valence-electron chi connectivity index (χ3n) is 3.54. The van der Waals surface area contributed by atoms with Gasteiger partial charge < -0.3 is 14.2 Å². The molecule has 0 saturated heterocycles. The van der Waals surface area contributed by atoms with E-state index in [0.29, 0.717) is 23.1 Å². The summed E-state index contributed by atoms with van der Waals surface area (Å²) in [5.74, 6) is 0.833. The summed E-state index contributed by atoms with van der Waals surface area (Å²) in [5.41, 5.74) is 1.58. The van der Waals surface area contributed by atoms with E-state index in [9.17, 15) is 4.79 Å². The second-order valence-corrected chi connectivity index (χ2v) is 5.68. The van der Waals surface area contributed by atoms with E-state index in [1.807, 2.05) is 31.2 Å². The molecule has 0 fully saturated rings. The molecule has 0 saturated carbocycles. The third-order valence-corrected chi connectivity index (χ3v) is 3.88. The molecule has 0 aromatic heterocycles. The number of halogens is 1. The molecule has 132 valence electrons. The van der Waals surface area contributed by atoms with Crippen molar-refractivity contribution in [3.8, 4) is 11.5 Å². The molecule has 0 N–H and O–H groups in total. The monoisotopic (exact) mass is 360 g/mol. The molecule has 0 aliphatic carbocycles. The van der Waals surface area contributed by atoms with Crippen LogP contribution in [0.15, 0.2) is 48.5 Å². The van der Waals surface area contributed by atoms with Crippen molar-refractivity contribution in [3.63, 3.8) is 0 Å². The first-order valence-corrected chi connectivity index (χ1v) is 8.37. The van der Waals surface area contributed by atoms with Crippen molar-refractivity contribution in [2.45, 2.75) is 20.0 Å². The van der Waals surface area contributed by atoms with Gasteiger partial charge in [0.05, 0.1) is 13.7 Å². The number of carbonyl (C=O) groups is 1. The van der Waals surface area contributed by atoms with Crippen LogP contribution in [0.4, 0.5) is 0 Å². The van der Waals surface area contributed by atoms with Gasteiger partial charge in [-0.15, -0.1) is 0 Å². The lowest BCUT2D eigenvalue weighted by Crippen LogP contribution is -2.06. The summed E-state index contributed by atoms with van der Waals surface area (Å²) in [4.78, 5) is 12.0. The highest BCUT2D eigenvalue weighted by molar-refractivity contribution is 6.31. The highest BCUT2D eigenvalue weighted by Gasteiger charge is 2.12. The van der Waals surface area contributed by atoms with Crippen LogP contribution in [0.25, 0.3) is 6.08 Å². The Labute approximate surface area is 153 Å². The van der Waals surface area contributed by atoms with Crippen molar-refractivity contribution < 1.29 is 19.0 Å². The molecule has 0 amide bonds. The van der Waals surface area contributed by atoms with Gasteiger partial charge in [0.25, 0.3) is 0 Å².